The lowest BCUT2D eigenvalue weighted by atomic mass is 9.78. The fourth-order valence-electron chi connectivity index (χ4n) is 2.07. The maximum atomic E-state index is 11.9. The highest BCUT2D eigenvalue weighted by Crippen LogP contribution is 2.36. The number of likely N-dealkylation sites (tertiary alicyclic amines) is 1. The molecule has 1 amide bonds. The summed E-state index contributed by atoms with van der Waals surface area (Å²) in [4.78, 5) is 25.2. The molecule has 0 radical (unpaired) electrons. The van der Waals surface area contributed by atoms with E-state index in [0.29, 0.717) is 13.1 Å². The Morgan fingerprint density at radius 3 is 2.24 bits per heavy atom. The van der Waals surface area contributed by atoms with E-state index >= 15 is 0 Å². The number of amides is 1. The zero-order valence-corrected chi connectivity index (χ0v) is 11.7. The molecule has 1 fully saturated rings. The molecule has 1 aliphatic rings. The van der Waals surface area contributed by atoms with Gasteiger partial charge in [0.05, 0.1) is 0 Å². The molecular formula is C13H23NO3. The van der Waals surface area contributed by atoms with Gasteiger partial charge in [0.2, 0.25) is 0 Å². The summed E-state index contributed by atoms with van der Waals surface area (Å²) in [6.07, 6.45) is -0.325. The first-order valence-corrected chi connectivity index (χ1v) is 6.05. The van der Waals surface area contributed by atoms with Crippen molar-refractivity contribution >= 4 is 11.9 Å². The van der Waals surface area contributed by atoms with Crippen LogP contribution in [0.25, 0.3) is 0 Å². The highest BCUT2D eigenvalue weighted by molar-refractivity contribution is 5.84. The van der Waals surface area contributed by atoms with Gasteiger partial charge in [0.15, 0.2) is 0 Å². The lowest BCUT2D eigenvalue weighted by Gasteiger charge is -2.26. The van der Waals surface area contributed by atoms with Gasteiger partial charge in [0.25, 0.3) is 0 Å². The Morgan fingerprint density at radius 1 is 1.35 bits per heavy atom. The van der Waals surface area contributed by atoms with E-state index in [4.69, 9.17) is 4.74 Å². The summed E-state index contributed by atoms with van der Waals surface area (Å²) in [5.41, 5.74) is -0.924. The second-order valence-corrected chi connectivity index (χ2v) is 6.24. The minimum atomic E-state index is -0.491. The normalized spacial score (nSPS) is 29.3. The molecule has 0 N–H and O–H groups in total. The number of rotatable bonds is 1. The average molecular weight is 241 g/mol. The van der Waals surface area contributed by atoms with Crippen molar-refractivity contribution in [1.29, 1.82) is 0 Å². The fourth-order valence-corrected chi connectivity index (χ4v) is 2.07. The van der Waals surface area contributed by atoms with Crippen LogP contribution in [0.2, 0.25) is 0 Å². The van der Waals surface area contributed by atoms with E-state index in [-0.39, 0.29) is 17.8 Å². The summed E-state index contributed by atoms with van der Waals surface area (Å²) in [7, 11) is 0. The topological polar surface area (TPSA) is 46.6 Å². The van der Waals surface area contributed by atoms with Crippen molar-refractivity contribution in [3.8, 4) is 0 Å². The Morgan fingerprint density at radius 2 is 1.88 bits per heavy atom. The zero-order valence-electron chi connectivity index (χ0n) is 11.7. The Kier molecular flexibility index (Phi) is 3.55. The summed E-state index contributed by atoms with van der Waals surface area (Å²) in [6, 6.07) is 0. The van der Waals surface area contributed by atoms with Crippen LogP contribution in [0.1, 0.15) is 41.5 Å². The van der Waals surface area contributed by atoms with E-state index in [1.807, 2.05) is 34.6 Å². The van der Waals surface area contributed by atoms with Gasteiger partial charge in [-0.25, -0.2) is 4.79 Å². The molecule has 1 rings (SSSR count). The largest absolute Gasteiger partial charge is 0.444 e. The highest BCUT2D eigenvalue weighted by atomic mass is 16.6. The number of nitrogens with zero attached hydrogens (tertiary/aromatic N) is 1. The van der Waals surface area contributed by atoms with E-state index in [1.54, 1.807) is 11.8 Å². The quantitative estimate of drug-likeness (QED) is 0.708. The van der Waals surface area contributed by atoms with Crippen LogP contribution in [-0.4, -0.2) is 35.5 Å². The third-order valence-electron chi connectivity index (χ3n) is 3.56. The molecule has 4 heteroatoms. The van der Waals surface area contributed by atoms with Crippen molar-refractivity contribution in [3.05, 3.63) is 0 Å². The van der Waals surface area contributed by atoms with Gasteiger partial charge in [0.1, 0.15) is 11.4 Å². The molecule has 0 bridgehead atoms. The van der Waals surface area contributed by atoms with Gasteiger partial charge in [-0.05, 0) is 33.6 Å². The minimum Gasteiger partial charge on any atom is -0.444 e. The molecule has 0 unspecified atom stereocenters. The lowest BCUT2D eigenvalue weighted by Crippen LogP contribution is -2.38. The number of carbonyl (C=O) groups is 2. The molecule has 0 aliphatic carbocycles. The number of ether oxygens (including phenoxy) is 1. The smallest absolute Gasteiger partial charge is 0.410 e. The maximum absolute atomic E-state index is 11.9. The van der Waals surface area contributed by atoms with Crippen LogP contribution in [-0.2, 0) is 9.53 Å². The number of ketones is 1. The first-order valence-electron chi connectivity index (χ1n) is 6.05. The van der Waals surface area contributed by atoms with Gasteiger partial charge < -0.3 is 9.64 Å². The van der Waals surface area contributed by atoms with Crippen LogP contribution in [0.3, 0.4) is 0 Å². The van der Waals surface area contributed by atoms with Crippen molar-refractivity contribution in [2.75, 3.05) is 13.1 Å². The summed E-state index contributed by atoms with van der Waals surface area (Å²) in [5.74, 6) is 0.309. The van der Waals surface area contributed by atoms with Crippen LogP contribution < -0.4 is 0 Å². The first kappa shape index (κ1) is 14.0. The number of carbonyl (C=O) groups excluding carboxylic acids is 2. The van der Waals surface area contributed by atoms with Crippen LogP contribution in [0.4, 0.5) is 4.79 Å². The monoisotopic (exact) mass is 241 g/mol. The van der Waals surface area contributed by atoms with E-state index in [2.05, 4.69) is 0 Å². The van der Waals surface area contributed by atoms with Gasteiger partial charge in [0, 0.05) is 18.5 Å². The Hall–Kier alpha value is -1.06. The average Bonchev–Trinajstić information content (AvgIpc) is 2.42. The second kappa shape index (κ2) is 4.31. The number of hydrogen-bond acceptors (Lipinski definition) is 3. The van der Waals surface area contributed by atoms with E-state index in [9.17, 15) is 9.59 Å². The molecule has 0 aromatic rings. The van der Waals surface area contributed by atoms with Crippen molar-refractivity contribution in [1.82, 2.24) is 4.90 Å². The fraction of sp³-hybridized carbons (Fsp3) is 0.846. The molecule has 4 nitrogen and oxygen atoms in total. The molecule has 1 heterocycles. The molecular weight excluding hydrogens is 218 g/mol. The van der Waals surface area contributed by atoms with E-state index < -0.39 is 11.0 Å². The maximum Gasteiger partial charge on any atom is 0.410 e. The third-order valence-corrected chi connectivity index (χ3v) is 3.56. The van der Waals surface area contributed by atoms with E-state index in [0.717, 1.165) is 0 Å². The number of Topliss-reactive ketones (excluding diaryl/α,β-unsaturated/α-hetero) is 1. The summed E-state index contributed by atoms with van der Waals surface area (Å²) >= 11 is 0. The molecule has 2 atom stereocenters. The van der Waals surface area contributed by atoms with Crippen molar-refractivity contribution in [2.24, 2.45) is 11.3 Å². The summed E-state index contributed by atoms with van der Waals surface area (Å²) in [6.45, 7) is 12.1. The number of hydrogen-bond donors (Lipinski definition) is 0. The molecule has 1 saturated heterocycles. The summed E-state index contributed by atoms with van der Waals surface area (Å²) in [5, 5.41) is 0. The van der Waals surface area contributed by atoms with Crippen molar-refractivity contribution in [2.45, 2.75) is 47.1 Å². The molecule has 0 spiro atoms. The molecule has 0 aromatic heterocycles. The second-order valence-electron chi connectivity index (χ2n) is 6.24. The van der Waals surface area contributed by atoms with Crippen LogP contribution in [0.5, 0.6) is 0 Å². The predicted molar refractivity (Wildman–Crippen MR) is 65.8 cm³/mol. The standard InChI is InChI=1S/C13H23NO3/c1-9-7-14(8-13(9,6)10(2)15)11(16)17-12(3,4)5/h9H,7-8H2,1-6H3/t9-,13-/m1/s1. The molecule has 17 heavy (non-hydrogen) atoms. The molecule has 1 aliphatic heterocycles. The van der Waals surface area contributed by atoms with Crippen LogP contribution >= 0.6 is 0 Å². The molecule has 98 valence electrons. The van der Waals surface area contributed by atoms with Crippen molar-refractivity contribution in [3.63, 3.8) is 0 Å². The van der Waals surface area contributed by atoms with Crippen LogP contribution in [0.15, 0.2) is 0 Å². The van der Waals surface area contributed by atoms with E-state index in [1.165, 1.54) is 0 Å². The first-order chi connectivity index (χ1) is 7.56. The Labute approximate surface area is 103 Å². The van der Waals surface area contributed by atoms with Crippen LogP contribution in [0, 0.1) is 11.3 Å². The van der Waals surface area contributed by atoms with Gasteiger partial charge in [-0.15, -0.1) is 0 Å². The Bertz CT molecular complexity index is 332. The van der Waals surface area contributed by atoms with Gasteiger partial charge in [-0.3, -0.25) is 4.79 Å². The predicted octanol–water partition coefficient (Wildman–Crippen LogP) is 2.47. The highest BCUT2D eigenvalue weighted by Gasteiger charge is 2.46. The minimum absolute atomic E-state index is 0.135. The van der Waals surface area contributed by atoms with Gasteiger partial charge in [-0.1, -0.05) is 13.8 Å². The zero-order chi connectivity index (χ0) is 13.4. The summed E-state index contributed by atoms with van der Waals surface area (Å²) < 4.78 is 5.32. The third kappa shape index (κ3) is 2.99. The van der Waals surface area contributed by atoms with Gasteiger partial charge >= 0.3 is 6.09 Å². The Balaban J connectivity index is 2.73. The lowest BCUT2D eigenvalue weighted by molar-refractivity contribution is -0.126. The van der Waals surface area contributed by atoms with Crippen molar-refractivity contribution < 1.29 is 14.3 Å². The molecule has 0 saturated carbocycles. The van der Waals surface area contributed by atoms with Gasteiger partial charge in [-0.2, -0.15) is 0 Å². The SMILES string of the molecule is CC(=O)[C@]1(C)CN(C(=O)OC(C)(C)C)C[C@H]1C. The molecule has 0 aromatic carbocycles.